The number of rotatable bonds is 5. The van der Waals surface area contributed by atoms with E-state index in [1.807, 2.05) is 36.4 Å². The maximum absolute atomic E-state index is 6.22. The zero-order chi connectivity index (χ0) is 14.5. The number of benzene rings is 2. The summed E-state index contributed by atoms with van der Waals surface area (Å²) in [6.45, 7) is 4.66. The molecule has 0 aliphatic carbocycles. The van der Waals surface area contributed by atoms with Crippen LogP contribution in [0.5, 0.6) is 0 Å². The largest absolute Gasteiger partial charge is 0.399 e. The zero-order valence-electron chi connectivity index (χ0n) is 11.4. The summed E-state index contributed by atoms with van der Waals surface area (Å²) in [6.07, 6.45) is 0. The standard InChI is InChI=1S/C16H18Cl2N2/c1-2-20(10-12-4-3-5-15(19)8-12)11-13-9-14(17)6-7-16(13)18/h3-9H,2,10-11,19H2,1H3. The SMILES string of the molecule is CCN(Cc1cccc(N)c1)Cc1cc(Cl)ccc1Cl. The number of hydrogen-bond acceptors (Lipinski definition) is 2. The van der Waals surface area contributed by atoms with Gasteiger partial charge in [-0.1, -0.05) is 42.3 Å². The highest BCUT2D eigenvalue weighted by Crippen LogP contribution is 2.22. The summed E-state index contributed by atoms with van der Waals surface area (Å²) in [6, 6.07) is 13.5. The summed E-state index contributed by atoms with van der Waals surface area (Å²) < 4.78 is 0. The van der Waals surface area contributed by atoms with Crippen molar-refractivity contribution < 1.29 is 0 Å². The van der Waals surface area contributed by atoms with E-state index >= 15 is 0 Å². The van der Waals surface area contributed by atoms with Crippen molar-refractivity contribution in [3.8, 4) is 0 Å². The van der Waals surface area contributed by atoms with Crippen molar-refractivity contribution in [1.82, 2.24) is 4.90 Å². The highest BCUT2D eigenvalue weighted by molar-refractivity contribution is 6.33. The third-order valence-electron chi connectivity index (χ3n) is 3.21. The lowest BCUT2D eigenvalue weighted by Crippen LogP contribution is -2.22. The Balaban J connectivity index is 2.11. The van der Waals surface area contributed by atoms with Crippen LogP contribution in [-0.2, 0) is 13.1 Å². The average molecular weight is 309 g/mol. The maximum atomic E-state index is 6.22. The first kappa shape index (κ1) is 15.2. The molecule has 0 atom stereocenters. The van der Waals surface area contributed by atoms with Crippen LogP contribution in [0.2, 0.25) is 10.0 Å². The molecule has 0 aliphatic heterocycles. The summed E-state index contributed by atoms with van der Waals surface area (Å²) in [5, 5.41) is 1.46. The van der Waals surface area contributed by atoms with E-state index in [2.05, 4.69) is 17.9 Å². The van der Waals surface area contributed by atoms with Crippen LogP contribution in [0.25, 0.3) is 0 Å². The Hall–Kier alpha value is -1.22. The molecule has 0 saturated heterocycles. The van der Waals surface area contributed by atoms with Crippen LogP contribution in [0.3, 0.4) is 0 Å². The van der Waals surface area contributed by atoms with Crippen LogP contribution >= 0.6 is 23.2 Å². The lowest BCUT2D eigenvalue weighted by atomic mass is 10.1. The number of anilines is 1. The summed E-state index contributed by atoms with van der Waals surface area (Å²) in [4.78, 5) is 2.30. The van der Waals surface area contributed by atoms with Crippen molar-refractivity contribution in [1.29, 1.82) is 0 Å². The lowest BCUT2D eigenvalue weighted by Gasteiger charge is -2.21. The number of hydrogen-bond donors (Lipinski definition) is 1. The molecule has 0 spiro atoms. The van der Waals surface area contributed by atoms with Gasteiger partial charge < -0.3 is 5.73 Å². The van der Waals surface area contributed by atoms with Crippen molar-refractivity contribution >= 4 is 28.9 Å². The van der Waals surface area contributed by atoms with E-state index in [1.165, 1.54) is 5.56 Å². The Labute approximate surface area is 130 Å². The molecule has 0 bridgehead atoms. The Morgan fingerprint density at radius 3 is 2.55 bits per heavy atom. The Bertz CT molecular complexity index is 584. The minimum atomic E-state index is 0.712. The fourth-order valence-electron chi connectivity index (χ4n) is 2.13. The summed E-state index contributed by atoms with van der Waals surface area (Å²) in [5.74, 6) is 0. The fourth-order valence-corrected chi connectivity index (χ4v) is 2.51. The Morgan fingerprint density at radius 1 is 1.05 bits per heavy atom. The van der Waals surface area contributed by atoms with Crippen LogP contribution in [0.1, 0.15) is 18.1 Å². The molecule has 0 unspecified atom stereocenters. The van der Waals surface area contributed by atoms with Crippen molar-refractivity contribution in [3.05, 3.63) is 63.6 Å². The number of nitrogens with zero attached hydrogens (tertiary/aromatic N) is 1. The predicted octanol–water partition coefficient (Wildman–Crippen LogP) is 4.60. The summed E-state index contributed by atoms with van der Waals surface area (Å²) in [5.41, 5.74) is 8.85. The molecule has 0 amide bonds. The van der Waals surface area contributed by atoms with Crippen molar-refractivity contribution in [2.45, 2.75) is 20.0 Å². The molecule has 0 aromatic heterocycles. The Kier molecular flexibility index (Phi) is 5.30. The first-order valence-corrected chi connectivity index (χ1v) is 7.34. The van der Waals surface area contributed by atoms with E-state index < -0.39 is 0 Å². The van der Waals surface area contributed by atoms with E-state index in [1.54, 1.807) is 0 Å². The molecule has 106 valence electrons. The average Bonchev–Trinajstić information content (AvgIpc) is 2.42. The zero-order valence-corrected chi connectivity index (χ0v) is 13.0. The van der Waals surface area contributed by atoms with E-state index in [0.717, 1.165) is 35.9 Å². The molecule has 0 heterocycles. The van der Waals surface area contributed by atoms with Gasteiger partial charge in [-0.3, -0.25) is 4.90 Å². The van der Waals surface area contributed by atoms with E-state index in [4.69, 9.17) is 28.9 Å². The van der Waals surface area contributed by atoms with Gasteiger partial charge in [-0.05, 0) is 48.0 Å². The molecule has 2 aromatic rings. The molecule has 20 heavy (non-hydrogen) atoms. The second-order valence-corrected chi connectivity index (χ2v) is 5.63. The van der Waals surface area contributed by atoms with Crippen LogP contribution in [0, 0.1) is 0 Å². The second kappa shape index (κ2) is 6.98. The molecule has 4 heteroatoms. The molecule has 2 N–H and O–H groups in total. The summed E-state index contributed by atoms with van der Waals surface area (Å²) >= 11 is 12.3. The highest BCUT2D eigenvalue weighted by Gasteiger charge is 2.08. The van der Waals surface area contributed by atoms with Crippen LogP contribution in [-0.4, -0.2) is 11.4 Å². The van der Waals surface area contributed by atoms with Gasteiger partial charge in [-0.25, -0.2) is 0 Å². The quantitative estimate of drug-likeness (QED) is 0.818. The van der Waals surface area contributed by atoms with E-state index in [0.29, 0.717) is 5.02 Å². The number of halogens is 2. The minimum absolute atomic E-state index is 0.712. The van der Waals surface area contributed by atoms with Gasteiger partial charge in [0.25, 0.3) is 0 Å². The Morgan fingerprint density at radius 2 is 1.85 bits per heavy atom. The number of nitrogen functional groups attached to an aromatic ring is 1. The smallest absolute Gasteiger partial charge is 0.0452 e. The van der Waals surface area contributed by atoms with Gasteiger partial charge in [-0.15, -0.1) is 0 Å². The molecule has 2 aromatic carbocycles. The van der Waals surface area contributed by atoms with E-state index in [9.17, 15) is 0 Å². The van der Waals surface area contributed by atoms with Gasteiger partial charge in [0.2, 0.25) is 0 Å². The van der Waals surface area contributed by atoms with Gasteiger partial charge in [0.1, 0.15) is 0 Å². The number of nitrogens with two attached hydrogens (primary N) is 1. The first-order chi connectivity index (χ1) is 9.58. The van der Waals surface area contributed by atoms with Gasteiger partial charge in [-0.2, -0.15) is 0 Å². The highest BCUT2D eigenvalue weighted by atomic mass is 35.5. The molecular formula is C16H18Cl2N2. The van der Waals surface area contributed by atoms with Crippen LogP contribution in [0.15, 0.2) is 42.5 Å². The molecule has 0 fully saturated rings. The molecule has 2 rings (SSSR count). The van der Waals surface area contributed by atoms with Crippen LogP contribution in [0.4, 0.5) is 5.69 Å². The lowest BCUT2D eigenvalue weighted by molar-refractivity contribution is 0.271. The molecule has 2 nitrogen and oxygen atoms in total. The van der Waals surface area contributed by atoms with Crippen molar-refractivity contribution in [2.24, 2.45) is 0 Å². The maximum Gasteiger partial charge on any atom is 0.0452 e. The fraction of sp³-hybridized carbons (Fsp3) is 0.250. The third kappa shape index (κ3) is 4.14. The molecular weight excluding hydrogens is 291 g/mol. The minimum Gasteiger partial charge on any atom is -0.399 e. The van der Waals surface area contributed by atoms with Crippen molar-refractivity contribution in [2.75, 3.05) is 12.3 Å². The van der Waals surface area contributed by atoms with Gasteiger partial charge in [0.05, 0.1) is 0 Å². The topological polar surface area (TPSA) is 29.3 Å². The van der Waals surface area contributed by atoms with E-state index in [-0.39, 0.29) is 0 Å². The predicted molar refractivity (Wildman–Crippen MR) is 87.1 cm³/mol. The molecule has 0 saturated carbocycles. The summed E-state index contributed by atoms with van der Waals surface area (Å²) in [7, 11) is 0. The first-order valence-electron chi connectivity index (χ1n) is 6.59. The second-order valence-electron chi connectivity index (χ2n) is 4.78. The van der Waals surface area contributed by atoms with Crippen molar-refractivity contribution in [3.63, 3.8) is 0 Å². The normalized spacial score (nSPS) is 11.0. The molecule has 0 radical (unpaired) electrons. The molecule has 0 aliphatic rings. The van der Waals surface area contributed by atoms with Crippen LogP contribution < -0.4 is 5.73 Å². The van der Waals surface area contributed by atoms with Gasteiger partial charge >= 0.3 is 0 Å². The third-order valence-corrected chi connectivity index (χ3v) is 3.81. The van der Waals surface area contributed by atoms with Gasteiger partial charge in [0.15, 0.2) is 0 Å². The van der Waals surface area contributed by atoms with Gasteiger partial charge in [0, 0.05) is 28.8 Å². The monoisotopic (exact) mass is 308 g/mol.